The van der Waals surface area contributed by atoms with E-state index in [1.165, 1.54) is 12.1 Å². The second-order valence-electron chi connectivity index (χ2n) is 7.25. The average Bonchev–Trinajstić information content (AvgIpc) is 3.13. The predicted molar refractivity (Wildman–Crippen MR) is 115 cm³/mol. The first-order valence-corrected chi connectivity index (χ1v) is 10.8. The van der Waals surface area contributed by atoms with Crippen molar-refractivity contribution in [2.75, 3.05) is 26.2 Å². The first-order valence-electron chi connectivity index (χ1n) is 10.4. The van der Waals surface area contributed by atoms with Crippen LogP contribution in [0.25, 0.3) is 0 Å². The van der Waals surface area contributed by atoms with Gasteiger partial charge in [-0.2, -0.15) is 0 Å². The standard InChI is InChI=1S/C23H28ClFN2O3/c1-2-29-22-13-17(15-26-10-4-12-27-11-3-5-23(27)28)6-9-21(22)30-16-18-7-8-19(25)14-20(18)24/h6-9,13-14,26H,2-5,10-12,15-16H2,1H3. The minimum atomic E-state index is -0.373. The Morgan fingerprint density at radius 3 is 2.77 bits per heavy atom. The highest BCUT2D eigenvalue weighted by Gasteiger charge is 2.18. The fourth-order valence-electron chi connectivity index (χ4n) is 3.41. The third kappa shape index (κ3) is 6.34. The molecule has 0 aromatic heterocycles. The zero-order valence-electron chi connectivity index (χ0n) is 17.3. The average molecular weight is 435 g/mol. The normalized spacial score (nSPS) is 13.7. The fourth-order valence-corrected chi connectivity index (χ4v) is 3.63. The molecule has 1 N–H and O–H groups in total. The van der Waals surface area contributed by atoms with Crippen molar-refractivity contribution in [3.05, 3.63) is 58.4 Å². The molecular formula is C23H28ClFN2O3. The van der Waals surface area contributed by atoms with Crippen molar-refractivity contribution >= 4 is 17.5 Å². The van der Waals surface area contributed by atoms with E-state index in [0.717, 1.165) is 38.0 Å². The molecule has 0 radical (unpaired) electrons. The molecule has 3 rings (SSSR count). The smallest absolute Gasteiger partial charge is 0.222 e. The van der Waals surface area contributed by atoms with Crippen LogP contribution in [-0.2, 0) is 17.9 Å². The summed E-state index contributed by atoms with van der Waals surface area (Å²) in [6.07, 6.45) is 2.60. The molecule has 0 atom stereocenters. The van der Waals surface area contributed by atoms with Gasteiger partial charge < -0.3 is 19.7 Å². The number of amides is 1. The highest BCUT2D eigenvalue weighted by Crippen LogP contribution is 2.30. The van der Waals surface area contributed by atoms with Crippen LogP contribution in [0.5, 0.6) is 11.5 Å². The zero-order valence-corrected chi connectivity index (χ0v) is 18.0. The van der Waals surface area contributed by atoms with Crippen molar-refractivity contribution in [3.8, 4) is 11.5 Å². The number of nitrogens with one attached hydrogen (secondary N) is 1. The number of nitrogens with zero attached hydrogens (tertiary/aromatic N) is 1. The van der Waals surface area contributed by atoms with Gasteiger partial charge in [0.2, 0.25) is 5.91 Å². The molecule has 1 heterocycles. The van der Waals surface area contributed by atoms with Crippen molar-refractivity contribution in [2.24, 2.45) is 0 Å². The molecule has 0 bridgehead atoms. The molecule has 0 unspecified atom stereocenters. The molecule has 1 fully saturated rings. The van der Waals surface area contributed by atoms with Crippen molar-refractivity contribution in [1.29, 1.82) is 0 Å². The summed E-state index contributed by atoms with van der Waals surface area (Å²) >= 11 is 6.07. The van der Waals surface area contributed by atoms with Crippen LogP contribution < -0.4 is 14.8 Å². The number of hydrogen-bond acceptors (Lipinski definition) is 4. The van der Waals surface area contributed by atoms with Crippen molar-refractivity contribution < 1.29 is 18.7 Å². The van der Waals surface area contributed by atoms with Crippen LogP contribution in [0.1, 0.15) is 37.3 Å². The minimum Gasteiger partial charge on any atom is -0.490 e. The number of carbonyl (C=O) groups is 1. The minimum absolute atomic E-state index is 0.228. The van der Waals surface area contributed by atoms with Gasteiger partial charge in [-0.05, 0) is 56.1 Å². The molecule has 0 saturated carbocycles. The van der Waals surface area contributed by atoms with Gasteiger partial charge in [0.05, 0.1) is 11.6 Å². The number of carbonyl (C=O) groups excluding carboxylic acids is 1. The molecule has 2 aromatic carbocycles. The van der Waals surface area contributed by atoms with Gasteiger partial charge in [0.15, 0.2) is 11.5 Å². The van der Waals surface area contributed by atoms with Gasteiger partial charge in [0, 0.05) is 31.6 Å². The molecule has 1 aliphatic heterocycles. The van der Waals surface area contributed by atoms with Crippen molar-refractivity contribution in [3.63, 3.8) is 0 Å². The highest BCUT2D eigenvalue weighted by atomic mass is 35.5. The molecule has 5 nitrogen and oxygen atoms in total. The molecule has 2 aromatic rings. The summed E-state index contributed by atoms with van der Waals surface area (Å²) < 4.78 is 24.8. The number of benzene rings is 2. The molecular weight excluding hydrogens is 407 g/mol. The summed E-state index contributed by atoms with van der Waals surface area (Å²) in [6, 6.07) is 10.1. The predicted octanol–water partition coefficient (Wildman–Crippen LogP) is 4.56. The molecule has 1 saturated heterocycles. The number of ether oxygens (including phenoxy) is 2. The topological polar surface area (TPSA) is 50.8 Å². The SMILES string of the molecule is CCOc1cc(CNCCCN2CCCC2=O)ccc1OCc1ccc(F)cc1Cl. The lowest BCUT2D eigenvalue weighted by Crippen LogP contribution is -2.28. The summed E-state index contributed by atoms with van der Waals surface area (Å²) in [5.41, 5.74) is 1.80. The number of rotatable bonds is 11. The van der Waals surface area contributed by atoms with E-state index < -0.39 is 0 Å². The van der Waals surface area contributed by atoms with E-state index in [2.05, 4.69) is 5.32 Å². The summed E-state index contributed by atoms with van der Waals surface area (Å²) in [7, 11) is 0. The van der Waals surface area contributed by atoms with Gasteiger partial charge in [0.25, 0.3) is 0 Å². The van der Waals surface area contributed by atoms with Crippen LogP contribution in [0.2, 0.25) is 5.02 Å². The van der Waals surface area contributed by atoms with Crippen LogP contribution in [0.4, 0.5) is 4.39 Å². The number of halogens is 2. The molecule has 1 aliphatic rings. The van der Waals surface area contributed by atoms with Gasteiger partial charge in [-0.15, -0.1) is 0 Å². The molecule has 7 heteroatoms. The lowest BCUT2D eigenvalue weighted by Gasteiger charge is -2.16. The molecule has 30 heavy (non-hydrogen) atoms. The second kappa shape index (κ2) is 11.2. The van der Waals surface area contributed by atoms with Crippen LogP contribution >= 0.6 is 11.6 Å². The van der Waals surface area contributed by atoms with E-state index >= 15 is 0 Å². The molecule has 0 aliphatic carbocycles. The largest absolute Gasteiger partial charge is 0.490 e. The maximum atomic E-state index is 13.2. The van der Waals surface area contributed by atoms with E-state index in [1.54, 1.807) is 6.07 Å². The van der Waals surface area contributed by atoms with Crippen LogP contribution in [0, 0.1) is 5.82 Å². The molecule has 1 amide bonds. The van der Waals surface area contributed by atoms with Gasteiger partial charge in [-0.1, -0.05) is 23.7 Å². The van der Waals surface area contributed by atoms with Gasteiger partial charge in [-0.25, -0.2) is 4.39 Å². The van der Waals surface area contributed by atoms with Crippen LogP contribution in [0.15, 0.2) is 36.4 Å². The summed E-state index contributed by atoms with van der Waals surface area (Å²) in [4.78, 5) is 13.6. The van der Waals surface area contributed by atoms with E-state index in [4.69, 9.17) is 21.1 Å². The van der Waals surface area contributed by atoms with Crippen LogP contribution in [0.3, 0.4) is 0 Å². The van der Waals surface area contributed by atoms with Gasteiger partial charge >= 0.3 is 0 Å². The fraction of sp³-hybridized carbons (Fsp3) is 0.435. The summed E-state index contributed by atoms with van der Waals surface area (Å²) in [5, 5.41) is 3.75. The molecule has 0 spiro atoms. The Morgan fingerprint density at radius 2 is 2.03 bits per heavy atom. The number of hydrogen-bond donors (Lipinski definition) is 1. The van der Waals surface area contributed by atoms with E-state index in [-0.39, 0.29) is 18.3 Å². The first kappa shape index (κ1) is 22.4. The molecule has 162 valence electrons. The third-order valence-corrected chi connectivity index (χ3v) is 5.34. The third-order valence-electron chi connectivity index (χ3n) is 4.99. The van der Waals surface area contributed by atoms with Gasteiger partial charge in [-0.3, -0.25) is 4.79 Å². The lowest BCUT2D eigenvalue weighted by atomic mass is 10.2. The maximum absolute atomic E-state index is 13.2. The summed E-state index contributed by atoms with van der Waals surface area (Å²) in [6.45, 7) is 5.93. The Labute approximate surface area is 182 Å². The highest BCUT2D eigenvalue weighted by molar-refractivity contribution is 6.31. The van der Waals surface area contributed by atoms with E-state index in [0.29, 0.717) is 41.7 Å². The number of likely N-dealkylation sites (tertiary alicyclic amines) is 1. The monoisotopic (exact) mass is 434 g/mol. The Kier molecular flexibility index (Phi) is 8.34. The Hall–Kier alpha value is -2.31. The zero-order chi connectivity index (χ0) is 21.3. The Balaban J connectivity index is 1.50. The first-order chi connectivity index (χ1) is 14.6. The Bertz CT molecular complexity index is 862. The van der Waals surface area contributed by atoms with Gasteiger partial charge in [0.1, 0.15) is 12.4 Å². The van der Waals surface area contributed by atoms with Crippen LogP contribution in [-0.4, -0.2) is 37.0 Å². The Morgan fingerprint density at radius 1 is 1.17 bits per heavy atom. The van der Waals surface area contributed by atoms with E-state index in [1.807, 2.05) is 30.0 Å². The summed E-state index contributed by atoms with van der Waals surface area (Å²) in [5.74, 6) is 1.18. The quantitative estimate of drug-likeness (QED) is 0.527. The van der Waals surface area contributed by atoms with E-state index in [9.17, 15) is 9.18 Å². The second-order valence-corrected chi connectivity index (χ2v) is 7.66. The lowest BCUT2D eigenvalue weighted by molar-refractivity contribution is -0.127. The maximum Gasteiger partial charge on any atom is 0.222 e. The van der Waals surface area contributed by atoms with Crippen molar-refractivity contribution in [1.82, 2.24) is 10.2 Å². The van der Waals surface area contributed by atoms with Crippen molar-refractivity contribution in [2.45, 2.75) is 39.3 Å².